The Labute approximate surface area is 66.3 Å². The van der Waals surface area contributed by atoms with Crippen LogP contribution in [-0.2, 0) is 4.79 Å². The van der Waals surface area contributed by atoms with Crippen LogP contribution < -0.4 is 0 Å². The second-order valence-electron chi connectivity index (χ2n) is 2.80. The van der Waals surface area contributed by atoms with Gasteiger partial charge in [-0.1, -0.05) is 6.08 Å². The zero-order valence-electron chi connectivity index (χ0n) is 6.66. The van der Waals surface area contributed by atoms with E-state index in [-0.39, 0.29) is 5.92 Å². The van der Waals surface area contributed by atoms with Crippen molar-refractivity contribution in [3.63, 3.8) is 0 Å². The smallest absolute Gasteiger partial charge is 0.308 e. The molecule has 0 spiro atoms. The fourth-order valence-electron chi connectivity index (χ4n) is 1.34. The van der Waals surface area contributed by atoms with E-state index in [1.165, 1.54) is 0 Å². The molecule has 0 radical (unpaired) electrons. The van der Waals surface area contributed by atoms with Gasteiger partial charge in [0.05, 0.1) is 5.92 Å². The number of carbonyl (C=O) groups is 1. The van der Waals surface area contributed by atoms with Crippen LogP contribution in [0.15, 0.2) is 12.3 Å². The third-order valence-corrected chi connectivity index (χ3v) is 1.93. The maximum Gasteiger partial charge on any atom is 0.308 e. The van der Waals surface area contributed by atoms with Gasteiger partial charge in [-0.05, 0) is 19.5 Å². The number of likely N-dealkylation sites (tertiary alicyclic amines) is 1. The molecule has 1 saturated heterocycles. The minimum absolute atomic E-state index is 0.161. The summed E-state index contributed by atoms with van der Waals surface area (Å²) in [5, 5.41) is 8.65. The lowest BCUT2D eigenvalue weighted by Crippen LogP contribution is -2.18. The molecule has 0 aromatic heterocycles. The number of rotatable bonds is 2. The van der Waals surface area contributed by atoms with Crippen molar-refractivity contribution in [2.45, 2.75) is 13.3 Å². The largest absolute Gasteiger partial charge is 0.481 e. The Kier molecular flexibility index (Phi) is 2.52. The van der Waals surface area contributed by atoms with E-state index >= 15 is 0 Å². The van der Waals surface area contributed by atoms with Crippen molar-refractivity contribution >= 4 is 5.97 Å². The highest BCUT2D eigenvalue weighted by molar-refractivity contribution is 5.70. The quantitative estimate of drug-likeness (QED) is 0.644. The van der Waals surface area contributed by atoms with Gasteiger partial charge in [-0.25, -0.2) is 0 Å². The molecular formula is C8H13NO2. The van der Waals surface area contributed by atoms with Crippen LogP contribution in [0.1, 0.15) is 13.3 Å². The maximum absolute atomic E-state index is 10.5. The normalized spacial score (nSPS) is 24.8. The number of hydrogen-bond acceptors (Lipinski definition) is 2. The first-order valence-electron chi connectivity index (χ1n) is 3.83. The number of hydrogen-bond donors (Lipinski definition) is 1. The molecule has 1 aliphatic rings. The van der Waals surface area contributed by atoms with Gasteiger partial charge in [-0.2, -0.15) is 0 Å². The summed E-state index contributed by atoms with van der Waals surface area (Å²) in [6, 6.07) is 0. The molecule has 11 heavy (non-hydrogen) atoms. The molecule has 0 aromatic rings. The predicted molar refractivity (Wildman–Crippen MR) is 42.1 cm³/mol. The number of nitrogens with zero attached hydrogens (tertiary/aromatic N) is 1. The van der Waals surface area contributed by atoms with Gasteiger partial charge >= 0.3 is 5.97 Å². The van der Waals surface area contributed by atoms with Crippen LogP contribution in [0, 0.1) is 5.92 Å². The van der Waals surface area contributed by atoms with E-state index in [0.29, 0.717) is 6.54 Å². The fourth-order valence-corrected chi connectivity index (χ4v) is 1.34. The number of allylic oxidation sites excluding steroid dienone is 1. The van der Waals surface area contributed by atoms with E-state index in [1.54, 1.807) is 0 Å². The summed E-state index contributed by atoms with van der Waals surface area (Å²) in [4.78, 5) is 12.5. The van der Waals surface area contributed by atoms with Crippen molar-refractivity contribution in [3.05, 3.63) is 12.3 Å². The molecule has 1 N–H and O–H groups in total. The van der Waals surface area contributed by atoms with Gasteiger partial charge in [0.25, 0.3) is 0 Å². The van der Waals surface area contributed by atoms with Gasteiger partial charge in [0.1, 0.15) is 0 Å². The third-order valence-electron chi connectivity index (χ3n) is 1.93. The van der Waals surface area contributed by atoms with Crippen LogP contribution in [-0.4, -0.2) is 29.1 Å². The Hall–Kier alpha value is -0.990. The molecule has 0 aromatic carbocycles. The zero-order chi connectivity index (χ0) is 8.27. The molecule has 3 nitrogen and oxygen atoms in total. The average Bonchev–Trinajstić information content (AvgIpc) is 2.37. The van der Waals surface area contributed by atoms with E-state index in [1.807, 2.05) is 24.1 Å². The minimum atomic E-state index is -0.669. The first-order valence-corrected chi connectivity index (χ1v) is 3.83. The minimum Gasteiger partial charge on any atom is -0.481 e. The zero-order valence-corrected chi connectivity index (χ0v) is 6.66. The van der Waals surface area contributed by atoms with Crippen molar-refractivity contribution in [1.82, 2.24) is 4.90 Å². The number of carboxylic acid groups (broad SMARTS) is 1. The van der Waals surface area contributed by atoms with Gasteiger partial charge in [-0.15, -0.1) is 0 Å². The average molecular weight is 155 g/mol. The van der Waals surface area contributed by atoms with E-state index in [0.717, 1.165) is 13.0 Å². The summed E-state index contributed by atoms with van der Waals surface area (Å²) in [6.45, 7) is 3.48. The molecule has 1 atom stereocenters. The summed E-state index contributed by atoms with van der Waals surface area (Å²) in [5.41, 5.74) is 0. The molecule has 1 aliphatic heterocycles. The van der Waals surface area contributed by atoms with Crippen LogP contribution in [0.4, 0.5) is 0 Å². The fraction of sp³-hybridized carbons (Fsp3) is 0.625. The Morgan fingerprint density at radius 3 is 2.91 bits per heavy atom. The molecule has 1 rings (SSSR count). The molecule has 3 heteroatoms. The Bertz CT molecular complexity index is 177. The lowest BCUT2D eigenvalue weighted by atomic mass is 10.1. The highest BCUT2D eigenvalue weighted by Gasteiger charge is 2.25. The summed E-state index contributed by atoms with van der Waals surface area (Å²) in [5.74, 6) is -0.830. The van der Waals surface area contributed by atoms with Gasteiger partial charge in [-0.3, -0.25) is 4.79 Å². The summed E-state index contributed by atoms with van der Waals surface area (Å²) in [7, 11) is 0. The molecular weight excluding hydrogens is 142 g/mol. The molecule has 0 saturated carbocycles. The van der Waals surface area contributed by atoms with Crippen LogP contribution in [0.2, 0.25) is 0 Å². The number of aliphatic carboxylic acids is 1. The Morgan fingerprint density at radius 2 is 2.45 bits per heavy atom. The van der Waals surface area contributed by atoms with Crippen molar-refractivity contribution in [1.29, 1.82) is 0 Å². The molecule has 1 fully saturated rings. The van der Waals surface area contributed by atoms with Crippen molar-refractivity contribution in [3.8, 4) is 0 Å². The third kappa shape index (κ3) is 1.97. The predicted octanol–water partition coefficient (Wildman–Crippen LogP) is 0.927. The SMILES string of the molecule is C/C=C\N1CCC(C(=O)O)C1. The summed E-state index contributed by atoms with van der Waals surface area (Å²) in [6.07, 6.45) is 4.66. The van der Waals surface area contributed by atoms with E-state index in [9.17, 15) is 4.79 Å². The molecule has 0 amide bonds. The summed E-state index contributed by atoms with van der Waals surface area (Å²) >= 11 is 0. The van der Waals surface area contributed by atoms with Gasteiger partial charge in [0, 0.05) is 13.1 Å². The van der Waals surface area contributed by atoms with Crippen LogP contribution in [0.5, 0.6) is 0 Å². The second-order valence-corrected chi connectivity index (χ2v) is 2.80. The monoisotopic (exact) mass is 155 g/mol. The van der Waals surface area contributed by atoms with Gasteiger partial charge in [0.2, 0.25) is 0 Å². The van der Waals surface area contributed by atoms with E-state index in [4.69, 9.17) is 5.11 Å². The lowest BCUT2D eigenvalue weighted by molar-refractivity contribution is -0.141. The van der Waals surface area contributed by atoms with Gasteiger partial charge < -0.3 is 10.0 Å². The second kappa shape index (κ2) is 3.42. The topological polar surface area (TPSA) is 40.5 Å². The number of carboxylic acids is 1. The highest BCUT2D eigenvalue weighted by atomic mass is 16.4. The molecule has 62 valence electrons. The molecule has 1 heterocycles. The highest BCUT2D eigenvalue weighted by Crippen LogP contribution is 2.15. The van der Waals surface area contributed by atoms with Crippen LogP contribution in [0.3, 0.4) is 0 Å². The van der Waals surface area contributed by atoms with Crippen LogP contribution >= 0.6 is 0 Å². The first kappa shape index (κ1) is 8.11. The first-order chi connectivity index (χ1) is 5.24. The van der Waals surface area contributed by atoms with E-state index < -0.39 is 5.97 Å². The molecule has 0 bridgehead atoms. The van der Waals surface area contributed by atoms with Crippen molar-refractivity contribution in [2.75, 3.05) is 13.1 Å². The van der Waals surface area contributed by atoms with Crippen molar-refractivity contribution in [2.24, 2.45) is 5.92 Å². The van der Waals surface area contributed by atoms with Crippen molar-refractivity contribution < 1.29 is 9.90 Å². The lowest BCUT2D eigenvalue weighted by Gasteiger charge is -2.10. The van der Waals surface area contributed by atoms with Crippen LogP contribution in [0.25, 0.3) is 0 Å². The molecule has 1 unspecified atom stereocenters. The Balaban J connectivity index is 2.40. The van der Waals surface area contributed by atoms with Gasteiger partial charge in [0.15, 0.2) is 0 Å². The molecule has 0 aliphatic carbocycles. The van der Waals surface area contributed by atoms with E-state index in [2.05, 4.69) is 0 Å². The standard InChI is InChI=1S/C8H13NO2/c1-2-4-9-5-3-7(6-9)8(10)11/h2,4,7H,3,5-6H2,1H3,(H,10,11)/b4-2-. The summed E-state index contributed by atoms with van der Waals surface area (Å²) < 4.78 is 0. The Morgan fingerprint density at radius 1 is 1.73 bits per heavy atom. The maximum atomic E-state index is 10.5.